The number of unbranched alkanes of at least 4 members (excludes halogenated alkanes) is 1. The fraction of sp³-hybridized carbons (Fsp3) is 0.240. The Hall–Kier alpha value is -4.05. The molecule has 0 bridgehead atoms. The molecule has 0 fully saturated rings. The normalized spacial score (nSPS) is 12.8. The van der Waals surface area contributed by atoms with Gasteiger partial charge in [0, 0.05) is 23.9 Å². The van der Waals surface area contributed by atoms with E-state index in [9.17, 15) is 10.1 Å². The van der Waals surface area contributed by atoms with E-state index in [1.807, 2.05) is 67.7 Å². The molecule has 7 heteroatoms. The Morgan fingerprint density at radius 2 is 1.97 bits per heavy atom. The molecule has 0 atom stereocenters. The second-order valence-electron chi connectivity index (χ2n) is 7.35. The maximum Gasteiger partial charge on any atom is 0.261 e. The van der Waals surface area contributed by atoms with Crippen LogP contribution < -0.4 is 14.8 Å². The van der Waals surface area contributed by atoms with Gasteiger partial charge in [0.25, 0.3) is 5.91 Å². The molecule has 3 aromatic rings. The molecule has 32 heavy (non-hydrogen) atoms. The highest BCUT2D eigenvalue weighted by Crippen LogP contribution is 2.35. The number of amides is 1. The number of nitrogens with one attached hydrogen (secondary N) is 1. The third kappa shape index (κ3) is 4.65. The minimum atomic E-state index is -0.387. The van der Waals surface area contributed by atoms with Gasteiger partial charge in [0.05, 0.1) is 5.69 Å². The number of hydrogen-bond acceptors (Lipinski definition) is 5. The molecule has 0 saturated heterocycles. The van der Waals surface area contributed by atoms with Gasteiger partial charge in [-0.25, -0.2) is 4.68 Å². The third-order valence-electron chi connectivity index (χ3n) is 5.06. The SMILES string of the molecule is CCCCNC(=O)C(C#N)=Cc1cn(-c2ccccc2)nc1-c1ccc2c(c1)OCCO2. The number of para-hydroxylation sites is 1. The van der Waals surface area contributed by atoms with Crippen LogP contribution in [0.5, 0.6) is 11.5 Å². The van der Waals surface area contributed by atoms with Crippen molar-refractivity contribution in [3.8, 4) is 34.5 Å². The average molecular weight is 428 g/mol. The van der Waals surface area contributed by atoms with Gasteiger partial charge in [-0.3, -0.25) is 4.79 Å². The van der Waals surface area contributed by atoms with Crippen molar-refractivity contribution >= 4 is 12.0 Å². The Labute approximate surface area is 186 Å². The summed E-state index contributed by atoms with van der Waals surface area (Å²) < 4.78 is 13.1. The molecule has 0 unspecified atom stereocenters. The highest BCUT2D eigenvalue weighted by molar-refractivity contribution is 6.02. The maximum atomic E-state index is 12.5. The van der Waals surface area contributed by atoms with Gasteiger partial charge in [0.1, 0.15) is 30.6 Å². The number of benzene rings is 2. The number of hydrogen-bond donors (Lipinski definition) is 1. The predicted molar refractivity (Wildman–Crippen MR) is 121 cm³/mol. The van der Waals surface area contributed by atoms with Crippen LogP contribution in [0.3, 0.4) is 0 Å². The average Bonchev–Trinajstić information content (AvgIpc) is 3.26. The van der Waals surface area contributed by atoms with Gasteiger partial charge in [0.2, 0.25) is 0 Å². The van der Waals surface area contributed by atoms with Gasteiger partial charge in [-0.05, 0) is 42.8 Å². The Bertz CT molecular complexity index is 1180. The van der Waals surface area contributed by atoms with Crippen LogP contribution >= 0.6 is 0 Å². The third-order valence-corrected chi connectivity index (χ3v) is 5.06. The standard InChI is InChI=1S/C25H24N4O3/c1-2-3-11-27-25(30)19(16-26)14-20-17-29(21-7-5-4-6-8-21)28-24(20)18-9-10-22-23(15-18)32-13-12-31-22/h4-10,14-15,17H,2-3,11-13H2,1H3,(H,27,30). The van der Waals surface area contributed by atoms with Crippen LogP contribution in [0.2, 0.25) is 0 Å². The van der Waals surface area contributed by atoms with Crippen molar-refractivity contribution in [1.29, 1.82) is 5.26 Å². The lowest BCUT2D eigenvalue weighted by atomic mass is 10.0. The summed E-state index contributed by atoms with van der Waals surface area (Å²) in [6, 6.07) is 17.3. The van der Waals surface area contributed by atoms with E-state index in [2.05, 4.69) is 5.32 Å². The van der Waals surface area contributed by atoms with Crippen LogP contribution in [0.15, 0.2) is 60.3 Å². The lowest BCUT2D eigenvalue weighted by Crippen LogP contribution is -2.25. The Kier molecular flexibility index (Phi) is 6.52. The van der Waals surface area contributed by atoms with Gasteiger partial charge in [0.15, 0.2) is 11.5 Å². The summed E-state index contributed by atoms with van der Waals surface area (Å²) in [7, 11) is 0. The minimum Gasteiger partial charge on any atom is -0.486 e. The molecule has 1 aromatic heterocycles. The van der Waals surface area contributed by atoms with Crippen LogP contribution in [-0.4, -0.2) is 35.4 Å². The van der Waals surface area contributed by atoms with Crippen LogP contribution in [0.25, 0.3) is 23.0 Å². The van der Waals surface area contributed by atoms with Crippen LogP contribution in [-0.2, 0) is 4.79 Å². The maximum absolute atomic E-state index is 12.5. The molecule has 2 aromatic carbocycles. The van der Waals surface area contributed by atoms with Gasteiger partial charge < -0.3 is 14.8 Å². The van der Waals surface area contributed by atoms with Gasteiger partial charge in [-0.15, -0.1) is 0 Å². The summed E-state index contributed by atoms with van der Waals surface area (Å²) in [5.41, 5.74) is 3.01. The van der Waals surface area contributed by atoms with E-state index in [0.717, 1.165) is 24.1 Å². The second-order valence-corrected chi connectivity index (χ2v) is 7.35. The smallest absolute Gasteiger partial charge is 0.261 e. The molecule has 0 spiro atoms. The van der Waals surface area contributed by atoms with Crippen molar-refractivity contribution in [3.63, 3.8) is 0 Å². The number of rotatable bonds is 7. The molecule has 4 rings (SSSR count). The summed E-state index contributed by atoms with van der Waals surface area (Å²) in [6.45, 7) is 3.58. The fourth-order valence-corrected chi connectivity index (χ4v) is 3.40. The predicted octanol–water partition coefficient (Wildman–Crippen LogP) is 4.13. The number of nitrogens with zero attached hydrogens (tertiary/aromatic N) is 3. The summed E-state index contributed by atoms with van der Waals surface area (Å²) in [4.78, 5) is 12.5. The summed E-state index contributed by atoms with van der Waals surface area (Å²) in [5, 5.41) is 17.2. The van der Waals surface area contributed by atoms with E-state index in [1.165, 1.54) is 0 Å². The highest BCUT2D eigenvalue weighted by Gasteiger charge is 2.18. The molecule has 0 aliphatic carbocycles. The number of ether oxygens (including phenoxy) is 2. The Morgan fingerprint density at radius 3 is 2.72 bits per heavy atom. The van der Waals surface area contributed by atoms with E-state index in [4.69, 9.17) is 14.6 Å². The zero-order chi connectivity index (χ0) is 22.3. The molecule has 1 aliphatic rings. The second kappa shape index (κ2) is 9.84. The van der Waals surface area contributed by atoms with Gasteiger partial charge in [-0.2, -0.15) is 10.4 Å². The summed E-state index contributed by atoms with van der Waals surface area (Å²) in [5.74, 6) is 0.949. The van der Waals surface area contributed by atoms with Crippen molar-refractivity contribution in [2.24, 2.45) is 0 Å². The number of nitriles is 1. The van der Waals surface area contributed by atoms with Crippen molar-refractivity contribution in [3.05, 3.63) is 65.9 Å². The first-order valence-corrected chi connectivity index (χ1v) is 10.6. The monoisotopic (exact) mass is 428 g/mol. The van der Waals surface area contributed by atoms with Crippen LogP contribution in [0.1, 0.15) is 25.3 Å². The molecule has 1 amide bonds. The van der Waals surface area contributed by atoms with Crippen molar-refractivity contribution < 1.29 is 14.3 Å². The lowest BCUT2D eigenvalue weighted by molar-refractivity contribution is -0.117. The molecule has 162 valence electrons. The quantitative estimate of drug-likeness (QED) is 0.347. The number of carbonyl (C=O) groups is 1. The first-order chi connectivity index (χ1) is 15.7. The molecule has 1 aliphatic heterocycles. The Balaban J connectivity index is 1.76. The van der Waals surface area contributed by atoms with Crippen LogP contribution in [0, 0.1) is 11.3 Å². The van der Waals surface area contributed by atoms with Crippen molar-refractivity contribution in [1.82, 2.24) is 15.1 Å². The topological polar surface area (TPSA) is 89.2 Å². The van der Waals surface area contributed by atoms with Crippen molar-refractivity contribution in [2.45, 2.75) is 19.8 Å². The molecule has 7 nitrogen and oxygen atoms in total. The number of fused-ring (bicyclic) bond motifs is 1. The molecule has 2 heterocycles. The molecule has 1 N–H and O–H groups in total. The highest BCUT2D eigenvalue weighted by atomic mass is 16.6. The fourth-order valence-electron chi connectivity index (χ4n) is 3.40. The molecule has 0 radical (unpaired) electrons. The van der Waals surface area contributed by atoms with Gasteiger partial charge in [-0.1, -0.05) is 31.5 Å². The lowest BCUT2D eigenvalue weighted by Gasteiger charge is -2.18. The zero-order valence-electron chi connectivity index (χ0n) is 17.9. The summed E-state index contributed by atoms with van der Waals surface area (Å²) >= 11 is 0. The first kappa shape index (κ1) is 21.2. The molecular formula is C25H24N4O3. The van der Waals surface area contributed by atoms with E-state index in [-0.39, 0.29) is 11.5 Å². The summed E-state index contributed by atoms with van der Waals surface area (Å²) in [6.07, 6.45) is 5.22. The zero-order valence-corrected chi connectivity index (χ0v) is 17.9. The number of aromatic nitrogens is 2. The van der Waals surface area contributed by atoms with Gasteiger partial charge >= 0.3 is 0 Å². The minimum absolute atomic E-state index is 0.0347. The van der Waals surface area contributed by atoms with E-state index >= 15 is 0 Å². The van der Waals surface area contributed by atoms with Crippen LogP contribution in [0.4, 0.5) is 0 Å². The molecular weight excluding hydrogens is 404 g/mol. The molecule has 0 saturated carbocycles. The first-order valence-electron chi connectivity index (χ1n) is 10.6. The number of carbonyl (C=O) groups excluding carboxylic acids is 1. The van der Waals surface area contributed by atoms with E-state index in [0.29, 0.717) is 42.5 Å². The largest absolute Gasteiger partial charge is 0.486 e. The Morgan fingerprint density at radius 1 is 1.19 bits per heavy atom. The van der Waals surface area contributed by atoms with Crippen molar-refractivity contribution in [2.75, 3.05) is 19.8 Å². The van der Waals surface area contributed by atoms with E-state index in [1.54, 1.807) is 10.8 Å². The van der Waals surface area contributed by atoms with E-state index < -0.39 is 0 Å².